The number of carbonyl (C=O) groups is 3. The molecule has 0 aliphatic carbocycles. The van der Waals surface area contributed by atoms with Crippen molar-refractivity contribution in [3.63, 3.8) is 0 Å². The number of hydrogen-bond donors (Lipinski definition) is 3. The summed E-state index contributed by atoms with van der Waals surface area (Å²) in [5, 5.41) is 41.3. The van der Waals surface area contributed by atoms with Crippen molar-refractivity contribution in [2.45, 2.75) is 24.9 Å². The van der Waals surface area contributed by atoms with Crippen LogP contribution in [0, 0.1) is 22.7 Å². The second-order valence-electron chi connectivity index (χ2n) is 3.01. The summed E-state index contributed by atoms with van der Waals surface area (Å²) in [7, 11) is 0. The SMILES string of the molecule is N#CCC#N.O=C(O)CC(O)(CC(=O)[O][Au])C(=O)O.[KH]. The molecule has 1 atom stereocenters. The van der Waals surface area contributed by atoms with Gasteiger partial charge in [0.25, 0.3) is 0 Å². The Bertz CT molecular complexity index is 419. The van der Waals surface area contributed by atoms with Crippen molar-refractivity contribution in [1.29, 1.82) is 10.5 Å². The Labute approximate surface area is 169 Å². The minimum absolute atomic E-state index is 0. The topological polar surface area (TPSA) is 169 Å². The maximum atomic E-state index is 10.7. The van der Waals surface area contributed by atoms with Crippen LogP contribution >= 0.6 is 0 Å². The van der Waals surface area contributed by atoms with Gasteiger partial charge in [0.05, 0.1) is 12.1 Å². The standard InChI is InChI=1S/C6H8O7.C3H2N2.Au.K.H/c7-3(8)1-6(13,5(11)12)2-4(9)10;4-2-1-3-5;;;/h13H,1-2H2,(H,7,8)(H,9,10)(H,11,12);1H2;;;/q;;+1;;/p-1. The van der Waals surface area contributed by atoms with Crippen LogP contribution in [0.2, 0.25) is 0 Å². The number of hydrogen-bond acceptors (Lipinski definition) is 7. The second-order valence-corrected chi connectivity index (χ2v) is 3.45. The van der Waals surface area contributed by atoms with Gasteiger partial charge in [-0.15, -0.1) is 0 Å². The molecule has 1 unspecified atom stereocenters. The number of carboxylic acid groups (broad SMARTS) is 2. The summed E-state index contributed by atoms with van der Waals surface area (Å²) in [4.78, 5) is 31.4. The molecule has 0 spiro atoms. The fourth-order valence-electron chi connectivity index (χ4n) is 0.760. The molecule has 3 N–H and O–H groups in total. The van der Waals surface area contributed by atoms with E-state index in [1.807, 2.05) is 0 Å². The summed E-state index contributed by atoms with van der Waals surface area (Å²) in [6.07, 6.45) is -1.98. The minimum atomic E-state index is -2.62. The monoisotopic (exact) mass is 494 g/mol. The van der Waals surface area contributed by atoms with Crippen molar-refractivity contribution in [3.05, 3.63) is 0 Å². The van der Waals surface area contributed by atoms with Crippen LogP contribution in [0.1, 0.15) is 19.3 Å². The molecule has 0 rings (SSSR count). The quantitative estimate of drug-likeness (QED) is 0.383. The molecule has 0 heterocycles. The van der Waals surface area contributed by atoms with Gasteiger partial charge in [-0.1, -0.05) is 0 Å². The number of nitriles is 2. The van der Waals surface area contributed by atoms with Gasteiger partial charge in [0, 0.05) is 0 Å². The zero-order valence-corrected chi connectivity index (χ0v) is 11.5. The van der Waals surface area contributed by atoms with Crippen LogP contribution in [0.3, 0.4) is 0 Å². The number of carbonyl (C=O) groups excluding carboxylic acids is 1. The molecule has 0 aliphatic heterocycles. The molecule has 0 aromatic heterocycles. The molecule has 0 saturated carbocycles. The van der Waals surface area contributed by atoms with Gasteiger partial charge in [-0.05, 0) is 0 Å². The normalized spacial score (nSPS) is 11.1. The molecule has 0 aliphatic rings. The summed E-state index contributed by atoms with van der Waals surface area (Å²) < 4.78 is 4.07. The summed E-state index contributed by atoms with van der Waals surface area (Å²) in [6.45, 7) is 0. The molecule has 110 valence electrons. The van der Waals surface area contributed by atoms with Gasteiger partial charge in [0.1, 0.15) is 6.42 Å². The third-order valence-electron chi connectivity index (χ3n) is 1.51. The molecule has 9 nitrogen and oxygen atoms in total. The molecule has 0 radical (unpaired) electrons. The summed E-state index contributed by atoms with van der Waals surface area (Å²) >= 11 is 1.38. The van der Waals surface area contributed by atoms with E-state index in [-0.39, 0.29) is 57.8 Å². The van der Waals surface area contributed by atoms with E-state index in [0.717, 1.165) is 0 Å². The first kappa shape index (κ1) is 24.7. The maximum absolute atomic E-state index is 10.7. The first-order valence-corrected chi connectivity index (χ1v) is 5.31. The van der Waals surface area contributed by atoms with Crippen molar-refractivity contribution < 1.29 is 54.4 Å². The molecule has 0 bridgehead atoms. The Morgan fingerprint density at radius 2 is 1.60 bits per heavy atom. The second kappa shape index (κ2) is 13.7. The third kappa shape index (κ3) is 12.7. The molecule has 0 aromatic rings. The molecule has 0 amide bonds. The van der Waals surface area contributed by atoms with E-state index in [1.165, 1.54) is 21.5 Å². The van der Waals surface area contributed by atoms with Crippen LogP contribution in [-0.4, -0.2) is 90.2 Å². The Morgan fingerprint density at radius 1 is 1.15 bits per heavy atom. The van der Waals surface area contributed by atoms with Gasteiger partial charge < -0.3 is 0 Å². The van der Waals surface area contributed by atoms with E-state index in [2.05, 4.69) is 3.24 Å². The van der Waals surface area contributed by atoms with Crippen LogP contribution in [0.15, 0.2) is 0 Å². The van der Waals surface area contributed by atoms with Gasteiger partial charge in [-0.25, -0.2) is 0 Å². The van der Waals surface area contributed by atoms with Gasteiger partial charge >= 0.3 is 142 Å². The summed E-state index contributed by atoms with van der Waals surface area (Å²) in [5.41, 5.74) is -2.62. The average Bonchev–Trinajstić information content (AvgIpc) is 2.29. The molecular weight excluding hydrogens is 484 g/mol. The fraction of sp³-hybridized carbons (Fsp3) is 0.444. The Hall–Kier alpha value is -0.273. The van der Waals surface area contributed by atoms with E-state index in [9.17, 15) is 19.5 Å². The average molecular weight is 494 g/mol. The Balaban J connectivity index is -0.000000414. The number of carboxylic acids is 2. The zero-order chi connectivity index (χ0) is 15.5. The fourth-order valence-corrected chi connectivity index (χ4v) is 0.916. The predicted molar refractivity (Wildman–Crippen MR) is 58.5 cm³/mol. The Kier molecular flexibility index (Phi) is 16.9. The number of aliphatic hydroxyl groups is 1. The van der Waals surface area contributed by atoms with Gasteiger partial charge in [-0.3, -0.25) is 0 Å². The molecule has 11 heteroatoms. The first-order chi connectivity index (χ1) is 8.73. The van der Waals surface area contributed by atoms with E-state index >= 15 is 0 Å². The summed E-state index contributed by atoms with van der Waals surface area (Å²) in [6, 6.07) is 3.31. The first-order valence-electron chi connectivity index (χ1n) is 4.43. The van der Waals surface area contributed by atoms with E-state index in [0.29, 0.717) is 0 Å². The van der Waals surface area contributed by atoms with Gasteiger partial charge in [-0.2, -0.15) is 10.5 Å². The van der Waals surface area contributed by atoms with Gasteiger partial charge in [0.2, 0.25) is 0 Å². The van der Waals surface area contributed by atoms with Gasteiger partial charge in [0.15, 0.2) is 0 Å². The van der Waals surface area contributed by atoms with Crippen molar-refractivity contribution in [1.82, 2.24) is 0 Å². The number of rotatable bonds is 5. The molecular formula is C9H10AuKN2O7. The van der Waals surface area contributed by atoms with Crippen LogP contribution in [0.4, 0.5) is 0 Å². The van der Waals surface area contributed by atoms with E-state index in [4.69, 9.17) is 20.7 Å². The zero-order valence-electron chi connectivity index (χ0n) is 9.29. The Morgan fingerprint density at radius 3 is 1.80 bits per heavy atom. The predicted octanol–water partition coefficient (Wildman–Crippen LogP) is -1.55. The summed E-state index contributed by atoms with van der Waals surface area (Å²) in [5.74, 6) is -4.31. The van der Waals surface area contributed by atoms with Crippen LogP contribution in [0.25, 0.3) is 0 Å². The number of nitrogens with zero attached hydrogens (tertiary/aromatic N) is 2. The van der Waals surface area contributed by atoms with Crippen molar-refractivity contribution in [3.8, 4) is 12.1 Å². The van der Waals surface area contributed by atoms with Crippen molar-refractivity contribution in [2.24, 2.45) is 0 Å². The molecule has 0 fully saturated rings. The van der Waals surface area contributed by atoms with Crippen LogP contribution in [0.5, 0.6) is 0 Å². The van der Waals surface area contributed by atoms with E-state index < -0.39 is 36.4 Å². The molecule has 20 heavy (non-hydrogen) atoms. The molecule has 0 aromatic carbocycles. The van der Waals surface area contributed by atoms with E-state index in [1.54, 1.807) is 12.1 Å². The van der Waals surface area contributed by atoms with Crippen molar-refractivity contribution >= 4 is 69.3 Å². The van der Waals surface area contributed by atoms with Crippen LogP contribution in [-0.2, 0) is 39.1 Å². The van der Waals surface area contributed by atoms with Crippen LogP contribution < -0.4 is 0 Å². The number of aliphatic carboxylic acids is 2. The van der Waals surface area contributed by atoms with Crippen molar-refractivity contribution in [2.75, 3.05) is 0 Å². The third-order valence-corrected chi connectivity index (χ3v) is 2.00. The molecule has 0 saturated heterocycles.